The van der Waals surface area contributed by atoms with Gasteiger partial charge in [-0.15, -0.1) is 0 Å². The predicted octanol–water partition coefficient (Wildman–Crippen LogP) is 4.02. The van der Waals surface area contributed by atoms with Crippen LogP contribution in [0, 0.1) is 19.8 Å². The quantitative estimate of drug-likeness (QED) is 0.621. The number of rotatable bonds is 5. The molecule has 5 rings (SSSR count). The molecule has 6 heteroatoms. The van der Waals surface area contributed by atoms with Crippen LogP contribution in [0.4, 0.5) is 5.69 Å². The summed E-state index contributed by atoms with van der Waals surface area (Å²) in [7, 11) is 0. The van der Waals surface area contributed by atoms with Gasteiger partial charge in [0.25, 0.3) is 0 Å². The monoisotopic (exact) mass is 446 g/mol. The Kier molecular flexibility index (Phi) is 5.97. The van der Waals surface area contributed by atoms with Crippen molar-refractivity contribution in [3.05, 3.63) is 58.9 Å². The number of likely N-dealkylation sites (tertiary alicyclic amines) is 1. The van der Waals surface area contributed by atoms with Crippen LogP contribution in [0.1, 0.15) is 48.3 Å². The minimum atomic E-state index is -0.407. The number of anilines is 1. The lowest BCUT2D eigenvalue weighted by Gasteiger charge is -2.38. The fourth-order valence-corrected chi connectivity index (χ4v) is 5.73. The van der Waals surface area contributed by atoms with Crippen molar-refractivity contribution in [2.45, 2.75) is 58.6 Å². The van der Waals surface area contributed by atoms with E-state index in [0.29, 0.717) is 18.9 Å². The first-order valence-electron chi connectivity index (χ1n) is 12.2. The van der Waals surface area contributed by atoms with Crippen LogP contribution in [0.2, 0.25) is 0 Å². The van der Waals surface area contributed by atoms with Crippen LogP contribution in [0.25, 0.3) is 11.0 Å². The van der Waals surface area contributed by atoms with Gasteiger partial charge in [0.05, 0.1) is 23.2 Å². The second-order valence-corrected chi connectivity index (χ2v) is 9.86. The van der Waals surface area contributed by atoms with Crippen LogP contribution in [0.15, 0.2) is 36.4 Å². The number of carbonyl (C=O) groups is 1. The molecule has 6 nitrogen and oxygen atoms in total. The van der Waals surface area contributed by atoms with Gasteiger partial charge in [-0.25, -0.2) is 4.98 Å². The molecule has 3 atom stereocenters. The van der Waals surface area contributed by atoms with Crippen LogP contribution in [-0.2, 0) is 17.6 Å². The summed E-state index contributed by atoms with van der Waals surface area (Å²) in [4.78, 5) is 18.9. The summed E-state index contributed by atoms with van der Waals surface area (Å²) < 4.78 is 2.24. The first-order chi connectivity index (χ1) is 15.9. The Morgan fingerprint density at radius 3 is 2.76 bits per heavy atom. The summed E-state index contributed by atoms with van der Waals surface area (Å²) in [5.41, 5.74) is 6.98. The molecule has 0 bridgehead atoms. The average Bonchev–Trinajstić information content (AvgIpc) is 3.32. The van der Waals surface area contributed by atoms with Crippen molar-refractivity contribution < 1.29 is 9.90 Å². The highest BCUT2D eigenvalue weighted by Crippen LogP contribution is 2.33. The van der Waals surface area contributed by atoms with E-state index in [1.165, 1.54) is 16.7 Å². The Bertz CT molecular complexity index is 1180. The maximum atomic E-state index is 11.7. The van der Waals surface area contributed by atoms with Crippen LogP contribution < -0.4 is 5.32 Å². The van der Waals surface area contributed by atoms with Crippen LogP contribution in [0.3, 0.4) is 0 Å². The number of carbonyl (C=O) groups excluding carboxylic acids is 1. The third kappa shape index (κ3) is 4.42. The van der Waals surface area contributed by atoms with Gasteiger partial charge >= 0.3 is 0 Å². The smallest absolute Gasteiger partial charge is 0.224 e. The van der Waals surface area contributed by atoms with Crippen LogP contribution >= 0.6 is 0 Å². The molecule has 1 aliphatic carbocycles. The van der Waals surface area contributed by atoms with E-state index in [1.807, 2.05) is 19.9 Å². The number of hydrogen-bond acceptors (Lipinski definition) is 4. The highest BCUT2D eigenvalue weighted by Gasteiger charge is 2.33. The first kappa shape index (κ1) is 22.1. The molecule has 1 aromatic heterocycles. The van der Waals surface area contributed by atoms with E-state index in [4.69, 9.17) is 4.98 Å². The zero-order chi connectivity index (χ0) is 23.1. The normalized spacial score (nSPS) is 23.1. The number of hydrogen-bond donors (Lipinski definition) is 2. The highest BCUT2D eigenvalue weighted by atomic mass is 16.3. The maximum absolute atomic E-state index is 11.7. The van der Waals surface area contributed by atoms with Gasteiger partial charge in [-0.05, 0) is 80.0 Å². The van der Waals surface area contributed by atoms with Gasteiger partial charge in [-0.3, -0.25) is 4.79 Å². The largest absolute Gasteiger partial charge is 0.390 e. The Hall–Kier alpha value is -2.70. The average molecular weight is 447 g/mol. The molecule has 1 fully saturated rings. The minimum Gasteiger partial charge on any atom is -0.390 e. The van der Waals surface area contributed by atoms with Crippen molar-refractivity contribution in [1.29, 1.82) is 0 Å². The molecule has 33 heavy (non-hydrogen) atoms. The van der Waals surface area contributed by atoms with Gasteiger partial charge in [0.15, 0.2) is 0 Å². The summed E-state index contributed by atoms with van der Waals surface area (Å²) in [6, 6.07) is 12.8. The number of aromatic nitrogens is 2. The Morgan fingerprint density at radius 2 is 1.97 bits per heavy atom. The third-order valence-corrected chi connectivity index (χ3v) is 7.33. The number of aliphatic hydroxyl groups is 1. The van der Waals surface area contributed by atoms with Crippen LogP contribution in [-0.4, -0.2) is 51.2 Å². The van der Waals surface area contributed by atoms with Crippen molar-refractivity contribution in [1.82, 2.24) is 14.5 Å². The molecular weight excluding hydrogens is 412 g/mol. The molecule has 1 amide bonds. The molecule has 0 unspecified atom stereocenters. The number of amides is 1. The third-order valence-electron chi connectivity index (χ3n) is 7.33. The number of nitrogens with zero attached hydrogens (tertiary/aromatic N) is 3. The molecule has 2 aliphatic rings. The zero-order valence-electron chi connectivity index (χ0n) is 19.8. The molecule has 1 aliphatic heterocycles. The standard InChI is InChI=1S/C27H34N4O2/c1-4-27(33)29-22-7-6-20-12-19(13-21(20)14-22)15-30-10-9-25(26(32)16-30)31-18(3)28-23-11-17(2)5-8-24(23)31/h5-8,11,14,19,25-26,32H,4,9-10,12-13,15-16H2,1-3H3,(H,29,33)/t19-,25+,26+/m0/s1. The molecule has 2 aromatic carbocycles. The molecule has 174 valence electrons. The number of benzene rings is 2. The number of piperidine rings is 1. The second kappa shape index (κ2) is 8.92. The van der Waals surface area contributed by atoms with E-state index in [-0.39, 0.29) is 11.9 Å². The highest BCUT2D eigenvalue weighted by molar-refractivity contribution is 5.90. The number of nitrogens with one attached hydrogen (secondary N) is 1. The molecule has 0 radical (unpaired) electrons. The van der Waals surface area contributed by atoms with Crippen molar-refractivity contribution >= 4 is 22.6 Å². The lowest BCUT2D eigenvalue weighted by molar-refractivity contribution is -0.115. The topological polar surface area (TPSA) is 70.4 Å². The fourth-order valence-electron chi connectivity index (χ4n) is 5.73. The van der Waals surface area contributed by atoms with Gasteiger partial charge in [0.1, 0.15) is 5.82 Å². The Morgan fingerprint density at radius 1 is 1.15 bits per heavy atom. The maximum Gasteiger partial charge on any atom is 0.224 e. The lowest BCUT2D eigenvalue weighted by Crippen LogP contribution is -2.46. The summed E-state index contributed by atoms with van der Waals surface area (Å²) in [5, 5.41) is 14.1. The van der Waals surface area contributed by atoms with Gasteiger partial charge in [0, 0.05) is 31.7 Å². The lowest BCUT2D eigenvalue weighted by atomic mass is 9.98. The van der Waals surface area contributed by atoms with Crippen molar-refractivity contribution in [2.75, 3.05) is 25.0 Å². The van der Waals surface area contributed by atoms with Crippen molar-refractivity contribution in [3.8, 4) is 0 Å². The zero-order valence-corrected chi connectivity index (χ0v) is 19.8. The molecular formula is C27H34N4O2. The predicted molar refractivity (Wildman–Crippen MR) is 132 cm³/mol. The van der Waals surface area contributed by atoms with Gasteiger partial charge in [-0.1, -0.05) is 19.1 Å². The number of imidazole rings is 1. The Labute approximate surface area is 195 Å². The minimum absolute atomic E-state index is 0.0531. The summed E-state index contributed by atoms with van der Waals surface area (Å²) in [6.07, 6.45) is 3.11. The molecule has 0 spiro atoms. The molecule has 2 heterocycles. The number of fused-ring (bicyclic) bond motifs is 2. The molecule has 0 saturated carbocycles. The molecule has 3 aromatic rings. The van der Waals surface area contributed by atoms with E-state index >= 15 is 0 Å². The van der Waals surface area contributed by atoms with Gasteiger partial charge < -0.3 is 19.9 Å². The number of aliphatic hydroxyl groups excluding tert-OH is 1. The van der Waals surface area contributed by atoms with Crippen LogP contribution in [0.5, 0.6) is 0 Å². The summed E-state index contributed by atoms with van der Waals surface area (Å²) in [5.74, 6) is 1.59. The van der Waals surface area contributed by atoms with E-state index in [9.17, 15) is 9.90 Å². The van der Waals surface area contributed by atoms with Gasteiger partial charge in [0.2, 0.25) is 5.91 Å². The van der Waals surface area contributed by atoms with Gasteiger partial charge in [-0.2, -0.15) is 0 Å². The number of β-amino-alcohol motifs (C(OH)–C–C–N with tert-alkyl or cyclic N) is 1. The van der Waals surface area contributed by atoms with Crippen molar-refractivity contribution in [3.63, 3.8) is 0 Å². The Balaban J connectivity index is 1.22. The molecule has 2 N–H and O–H groups in total. The van der Waals surface area contributed by atoms with Crippen molar-refractivity contribution in [2.24, 2.45) is 5.92 Å². The fraction of sp³-hybridized carbons (Fsp3) is 0.481. The van der Waals surface area contributed by atoms with E-state index in [0.717, 1.165) is 54.9 Å². The summed E-state index contributed by atoms with van der Waals surface area (Å²) in [6.45, 7) is 8.68. The SMILES string of the molecule is CCC(=O)Nc1ccc2c(c1)C[C@@H](CN1CC[C@@H](n3c(C)nc4cc(C)ccc43)[C@H](O)C1)C2. The summed E-state index contributed by atoms with van der Waals surface area (Å²) >= 11 is 0. The van der Waals surface area contributed by atoms with E-state index in [1.54, 1.807) is 0 Å². The number of aryl methyl sites for hydroxylation is 2. The molecule has 1 saturated heterocycles. The van der Waals surface area contributed by atoms with E-state index < -0.39 is 6.10 Å². The van der Waals surface area contributed by atoms with E-state index in [2.05, 4.69) is 52.0 Å². The second-order valence-electron chi connectivity index (χ2n) is 9.86. The first-order valence-corrected chi connectivity index (χ1v) is 12.2.